The van der Waals surface area contributed by atoms with Crippen LogP contribution < -0.4 is 10.1 Å². The van der Waals surface area contributed by atoms with Gasteiger partial charge in [-0.3, -0.25) is 0 Å². The van der Waals surface area contributed by atoms with Crippen LogP contribution in [0.3, 0.4) is 0 Å². The highest BCUT2D eigenvalue weighted by Gasteiger charge is 2.31. The molecular formula is C16H10ClF3N2O3S. The quantitative estimate of drug-likeness (QED) is 0.745. The largest absolute Gasteiger partial charge is 0.573 e. The first-order valence-corrected chi connectivity index (χ1v) is 8.71. The van der Waals surface area contributed by atoms with Crippen molar-refractivity contribution in [3.63, 3.8) is 0 Å². The van der Waals surface area contributed by atoms with Crippen molar-refractivity contribution in [2.75, 3.05) is 5.32 Å². The summed E-state index contributed by atoms with van der Waals surface area (Å²) in [5.74, 6) is -0.491. The van der Waals surface area contributed by atoms with Gasteiger partial charge < -0.3 is 10.1 Å². The fourth-order valence-corrected chi connectivity index (χ4v) is 3.05. The number of allylic oxidation sites excluding steroid dienone is 1. The fraction of sp³-hybridized carbons (Fsp3) is 0.0625. The lowest BCUT2D eigenvalue weighted by molar-refractivity contribution is -0.274. The molecule has 5 nitrogen and oxygen atoms in total. The van der Waals surface area contributed by atoms with E-state index in [-0.39, 0.29) is 10.6 Å². The number of halogens is 4. The van der Waals surface area contributed by atoms with Crippen LogP contribution in [0.15, 0.2) is 64.5 Å². The second kappa shape index (κ2) is 7.68. The first-order valence-electron chi connectivity index (χ1n) is 6.85. The van der Waals surface area contributed by atoms with Crippen molar-refractivity contribution in [3.05, 3.63) is 64.7 Å². The number of anilines is 1. The van der Waals surface area contributed by atoms with Gasteiger partial charge in [0.15, 0.2) is 4.91 Å². The molecule has 0 radical (unpaired) electrons. The maximum absolute atomic E-state index is 12.4. The standard InChI is InChI=1S/C16H10ClF3N2O3S/c17-11-4-6-14(7-5-11)26(23,24)15(9-21)10-22-12-2-1-3-13(8-12)25-16(18,19)20/h1-8,10,22H. The van der Waals surface area contributed by atoms with Gasteiger partial charge in [-0.25, -0.2) is 8.42 Å². The van der Waals surface area contributed by atoms with Gasteiger partial charge in [-0.15, -0.1) is 13.2 Å². The van der Waals surface area contributed by atoms with Crippen LogP contribution in [-0.4, -0.2) is 14.8 Å². The van der Waals surface area contributed by atoms with Gasteiger partial charge in [-0.2, -0.15) is 5.26 Å². The van der Waals surface area contributed by atoms with E-state index in [0.29, 0.717) is 5.02 Å². The number of benzene rings is 2. The van der Waals surface area contributed by atoms with Gasteiger partial charge in [0.2, 0.25) is 9.84 Å². The van der Waals surface area contributed by atoms with Crippen LogP contribution in [0.4, 0.5) is 18.9 Å². The van der Waals surface area contributed by atoms with E-state index in [1.54, 1.807) is 6.07 Å². The van der Waals surface area contributed by atoms with E-state index in [0.717, 1.165) is 18.3 Å². The Hall–Kier alpha value is -2.70. The Morgan fingerprint density at radius 2 is 1.85 bits per heavy atom. The summed E-state index contributed by atoms with van der Waals surface area (Å²) in [5.41, 5.74) is 0.103. The minimum atomic E-state index is -4.86. The minimum Gasteiger partial charge on any atom is -0.406 e. The van der Waals surface area contributed by atoms with Crippen LogP contribution in [0.1, 0.15) is 0 Å². The number of nitrogens with zero attached hydrogens (tertiary/aromatic N) is 1. The van der Waals surface area contributed by atoms with Gasteiger partial charge in [0.25, 0.3) is 0 Å². The molecule has 1 N–H and O–H groups in total. The molecule has 0 aliphatic heterocycles. The highest BCUT2D eigenvalue weighted by molar-refractivity contribution is 7.95. The number of hydrogen-bond acceptors (Lipinski definition) is 5. The lowest BCUT2D eigenvalue weighted by Crippen LogP contribution is -2.17. The molecule has 2 aromatic rings. The normalized spacial score (nSPS) is 12.3. The zero-order chi connectivity index (χ0) is 19.4. The van der Waals surface area contributed by atoms with Crippen LogP contribution >= 0.6 is 11.6 Å². The van der Waals surface area contributed by atoms with E-state index in [2.05, 4.69) is 10.1 Å². The van der Waals surface area contributed by atoms with Gasteiger partial charge in [0.1, 0.15) is 11.8 Å². The lowest BCUT2D eigenvalue weighted by Gasteiger charge is -2.10. The predicted molar refractivity (Wildman–Crippen MR) is 89.1 cm³/mol. The molecule has 136 valence electrons. The van der Waals surface area contributed by atoms with Gasteiger partial charge >= 0.3 is 6.36 Å². The molecule has 0 aromatic heterocycles. The Balaban J connectivity index is 2.26. The Labute approximate surface area is 152 Å². The number of ether oxygens (including phenoxy) is 1. The number of nitrogens with one attached hydrogen (secondary N) is 1. The van der Waals surface area contributed by atoms with Crippen molar-refractivity contribution in [1.29, 1.82) is 5.26 Å². The first kappa shape index (κ1) is 19.6. The fourth-order valence-electron chi connectivity index (χ4n) is 1.84. The highest BCUT2D eigenvalue weighted by atomic mass is 35.5. The van der Waals surface area contributed by atoms with Crippen LogP contribution in [-0.2, 0) is 9.84 Å². The van der Waals surface area contributed by atoms with E-state index in [4.69, 9.17) is 16.9 Å². The molecule has 0 unspecified atom stereocenters. The monoisotopic (exact) mass is 402 g/mol. The molecule has 10 heteroatoms. The topological polar surface area (TPSA) is 79.2 Å². The second-order valence-corrected chi connectivity index (χ2v) is 7.15. The number of rotatable bonds is 5. The first-order chi connectivity index (χ1) is 12.1. The van der Waals surface area contributed by atoms with Crippen LogP contribution in [0, 0.1) is 11.3 Å². The predicted octanol–water partition coefficient (Wildman–Crippen LogP) is 4.49. The zero-order valence-corrected chi connectivity index (χ0v) is 14.4. The molecule has 0 aliphatic rings. The van der Waals surface area contributed by atoms with Gasteiger partial charge in [-0.1, -0.05) is 17.7 Å². The molecular weight excluding hydrogens is 393 g/mol. The van der Waals surface area contributed by atoms with Crippen molar-refractivity contribution in [3.8, 4) is 11.8 Å². The Morgan fingerprint density at radius 3 is 2.42 bits per heavy atom. The Bertz CT molecular complexity index is 965. The third-order valence-corrected chi connectivity index (χ3v) is 4.89. The molecule has 2 rings (SSSR count). The number of hydrogen-bond donors (Lipinski definition) is 1. The summed E-state index contributed by atoms with van der Waals surface area (Å²) in [6.07, 6.45) is -3.97. The molecule has 0 saturated carbocycles. The van der Waals surface area contributed by atoms with Gasteiger partial charge in [-0.05, 0) is 36.4 Å². The molecule has 0 heterocycles. The van der Waals surface area contributed by atoms with Gasteiger partial charge in [0.05, 0.1) is 4.90 Å². The molecule has 0 saturated heterocycles. The summed E-state index contributed by atoms with van der Waals surface area (Å²) >= 11 is 5.70. The summed E-state index contributed by atoms with van der Waals surface area (Å²) in [4.78, 5) is -0.771. The van der Waals surface area contributed by atoms with E-state index >= 15 is 0 Å². The third-order valence-electron chi connectivity index (χ3n) is 2.96. The smallest absolute Gasteiger partial charge is 0.406 e. The van der Waals surface area contributed by atoms with Crippen molar-refractivity contribution in [1.82, 2.24) is 0 Å². The average molecular weight is 403 g/mol. The molecule has 0 bridgehead atoms. The summed E-state index contributed by atoms with van der Waals surface area (Å²) in [6.45, 7) is 0. The molecule has 0 spiro atoms. The summed E-state index contributed by atoms with van der Waals surface area (Å²) < 4.78 is 65.3. The Morgan fingerprint density at radius 1 is 1.19 bits per heavy atom. The van der Waals surface area contributed by atoms with Crippen LogP contribution in [0.2, 0.25) is 5.02 Å². The number of sulfone groups is 1. The van der Waals surface area contributed by atoms with E-state index in [1.165, 1.54) is 36.4 Å². The zero-order valence-electron chi connectivity index (χ0n) is 12.8. The van der Waals surface area contributed by atoms with E-state index in [9.17, 15) is 21.6 Å². The molecule has 0 aliphatic carbocycles. The Kier molecular flexibility index (Phi) is 5.79. The third kappa shape index (κ3) is 5.15. The van der Waals surface area contributed by atoms with Crippen molar-refractivity contribution >= 4 is 27.1 Å². The van der Waals surface area contributed by atoms with Gasteiger partial charge in [0, 0.05) is 23.0 Å². The highest BCUT2D eigenvalue weighted by Crippen LogP contribution is 2.26. The number of nitriles is 1. The second-order valence-electron chi connectivity index (χ2n) is 4.80. The van der Waals surface area contributed by atoms with Crippen LogP contribution in [0.5, 0.6) is 5.75 Å². The molecule has 0 atom stereocenters. The minimum absolute atomic E-state index is 0.103. The maximum Gasteiger partial charge on any atom is 0.573 e. The van der Waals surface area contributed by atoms with Crippen molar-refractivity contribution in [2.24, 2.45) is 0 Å². The van der Waals surface area contributed by atoms with E-state index < -0.39 is 26.9 Å². The number of alkyl halides is 3. The maximum atomic E-state index is 12.4. The lowest BCUT2D eigenvalue weighted by atomic mass is 10.3. The van der Waals surface area contributed by atoms with Crippen molar-refractivity contribution in [2.45, 2.75) is 11.3 Å². The molecule has 0 amide bonds. The van der Waals surface area contributed by atoms with Crippen molar-refractivity contribution < 1.29 is 26.3 Å². The van der Waals surface area contributed by atoms with E-state index in [1.807, 2.05) is 0 Å². The SMILES string of the molecule is N#CC(=CNc1cccc(OC(F)(F)F)c1)S(=O)(=O)c1ccc(Cl)cc1. The van der Waals surface area contributed by atoms with Crippen LogP contribution in [0.25, 0.3) is 0 Å². The molecule has 2 aromatic carbocycles. The summed E-state index contributed by atoms with van der Waals surface area (Å²) in [5, 5.41) is 11.9. The average Bonchev–Trinajstić information content (AvgIpc) is 2.54. The summed E-state index contributed by atoms with van der Waals surface area (Å²) in [6, 6.07) is 11.5. The molecule has 0 fully saturated rings. The molecule has 26 heavy (non-hydrogen) atoms. The summed E-state index contributed by atoms with van der Waals surface area (Å²) in [7, 11) is -4.11.